The topological polar surface area (TPSA) is 60.9 Å². The van der Waals surface area contributed by atoms with E-state index in [0.29, 0.717) is 0 Å². The standard InChI is InChI=1S/C4H7N3O2/c1-7(9-2)4(8)3-6-5/h3H,1-2H3/p+1/b4-3+. The van der Waals surface area contributed by atoms with E-state index in [1.54, 1.807) is 0 Å². The highest BCUT2D eigenvalue weighted by molar-refractivity contribution is 4.91. The van der Waals surface area contributed by atoms with E-state index in [1.807, 2.05) is 0 Å². The lowest BCUT2D eigenvalue weighted by molar-refractivity contribution is -0.109. The lowest BCUT2D eigenvalue weighted by atomic mass is 10.8. The number of hydrogen-bond acceptors (Lipinski definition) is 4. The number of nitrogens with zero attached hydrogens (tertiary/aromatic N) is 3. The largest absolute Gasteiger partial charge is 0.488 e. The van der Waals surface area contributed by atoms with Crippen molar-refractivity contribution in [2.24, 2.45) is 0 Å². The molecule has 0 saturated heterocycles. The summed E-state index contributed by atoms with van der Waals surface area (Å²) in [5, 5.41) is 17.7. The fourth-order valence-electron chi connectivity index (χ4n) is 0.226. The van der Waals surface area contributed by atoms with Gasteiger partial charge in [0.25, 0.3) is 0 Å². The summed E-state index contributed by atoms with van der Waals surface area (Å²) in [6, 6.07) is 0. The molecule has 0 unspecified atom stereocenters. The maximum absolute atomic E-state index is 8.73. The van der Waals surface area contributed by atoms with Gasteiger partial charge in [0, 0.05) is 7.05 Å². The van der Waals surface area contributed by atoms with Crippen LogP contribution < -0.4 is 0 Å². The van der Waals surface area contributed by atoms with Crippen molar-refractivity contribution in [2.75, 3.05) is 14.2 Å². The molecule has 5 heteroatoms. The van der Waals surface area contributed by atoms with Crippen LogP contribution in [0.25, 0.3) is 4.98 Å². The van der Waals surface area contributed by atoms with Crippen molar-refractivity contribution >= 4 is 0 Å². The minimum atomic E-state index is -0.264. The molecule has 0 bridgehead atoms. The summed E-state index contributed by atoms with van der Waals surface area (Å²) >= 11 is 0. The molecule has 0 aliphatic carbocycles. The first-order valence-corrected chi connectivity index (χ1v) is 2.23. The van der Waals surface area contributed by atoms with Crippen LogP contribution in [-0.2, 0) is 4.84 Å². The Balaban J connectivity index is 3.89. The number of aliphatic hydroxyl groups excluding tert-OH is 1. The molecule has 0 rings (SSSR count). The molecular formula is C4H8N3O2+. The highest BCUT2D eigenvalue weighted by Crippen LogP contribution is 1.94. The van der Waals surface area contributed by atoms with E-state index in [4.69, 9.17) is 10.5 Å². The van der Waals surface area contributed by atoms with Crippen LogP contribution in [0.3, 0.4) is 0 Å². The molecule has 0 atom stereocenters. The molecule has 0 aromatic rings. The summed E-state index contributed by atoms with van der Waals surface area (Å²) in [5.74, 6) is -0.264. The van der Waals surface area contributed by atoms with Crippen molar-refractivity contribution in [3.8, 4) is 0 Å². The Morgan fingerprint density at radius 2 is 2.44 bits per heavy atom. The van der Waals surface area contributed by atoms with Crippen LogP contribution in [0.2, 0.25) is 0 Å². The quantitative estimate of drug-likeness (QED) is 0.339. The van der Waals surface area contributed by atoms with Gasteiger partial charge in [-0.1, -0.05) is 0 Å². The number of hydroxylamine groups is 2. The summed E-state index contributed by atoms with van der Waals surface area (Å²) in [4.78, 5) is 7.08. The number of hydrogen-bond donors (Lipinski definition) is 1. The first-order chi connectivity index (χ1) is 4.22. The van der Waals surface area contributed by atoms with Crippen LogP contribution in [-0.4, -0.2) is 24.3 Å². The van der Waals surface area contributed by atoms with Crippen LogP contribution in [0.1, 0.15) is 0 Å². The summed E-state index contributed by atoms with van der Waals surface area (Å²) in [5.41, 5.74) is 0. The van der Waals surface area contributed by atoms with Crippen molar-refractivity contribution in [3.63, 3.8) is 0 Å². The van der Waals surface area contributed by atoms with E-state index < -0.39 is 0 Å². The Labute approximate surface area is 52.7 Å². The van der Waals surface area contributed by atoms with Gasteiger partial charge in [0.2, 0.25) is 5.39 Å². The molecule has 0 saturated carbocycles. The minimum absolute atomic E-state index is 0.264. The fraction of sp³-hybridized carbons (Fsp3) is 0.500. The predicted octanol–water partition coefficient (Wildman–Crippen LogP) is 0.690. The zero-order valence-corrected chi connectivity index (χ0v) is 5.27. The Bertz CT molecular complexity index is 148. The second-order valence-electron chi connectivity index (χ2n) is 1.28. The molecule has 5 nitrogen and oxygen atoms in total. The number of rotatable bonds is 2. The van der Waals surface area contributed by atoms with Gasteiger partial charge in [0.15, 0.2) is 4.98 Å². The first-order valence-electron chi connectivity index (χ1n) is 2.23. The van der Waals surface area contributed by atoms with Gasteiger partial charge in [-0.3, -0.25) is 4.84 Å². The average molecular weight is 130 g/mol. The SMILES string of the molecule is CON(C)/C(O)=C\[N+]#N. The second-order valence-corrected chi connectivity index (χ2v) is 1.28. The normalized spacial score (nSPS) is 10.6. The van der Waals surface area contributed by atoms with E-state index in [1.165, 1.54) is 14.2 Å². The summed E-state index contributed by atoms with van der Waals surface area (Å²) < 4.78 is 0. The van der Waals surface area contributed by atoms with E-state index in [9.17, 15) is 0 Å². The maximum Gasteiger partial charge on any atom is 0.411 e. The molecule has 0 fully saturated rings. The van der Waals surface area contributed by atoms with E-state index in [-0.39, 0.29) is 5.88 Å². The second kappa shape index (κ2) is 3.69. The highest BCUT2D eigenvalue weighted by Gasteiger charge is 2.03. The summed E-state index contributed by atoms with van der Waals surface area (Å²) in [6.45, 7) is 0. The van der Waals surface area contributed by atoms with Gasteiger partial charge in [0.05, 0.1) is 7.11 Å². The Morgan fingerprint density at radius 3 is 2.78 bits per heavy atom. The Hall–Kier alpha value is -1.28. The van der Waals surface area contributed by atoms with Gasteiger partial charge < -0.3 is 5.11 Å². The molecule has 1 N–H and O–H groups in total. The van der Waals surface area contributed by atoms with E-state index >= 15 is 0 Å². The van der Waals surface area contributed by atoms with Gasteiger partial charge in [-0.25, -0.2) is 5.06 Å². The van der Waals surface area contributed by atoms with Crippen molar-refractivity contribution in [2.45, 2.75) is 0 Å². The Kier molecular flexibility index (Phi) is 3.16. The molecule has 0 aliphatic heterocycles. The molecule has 9 heavy (non-hydrogen) atoms. The van der Waals surface area contributed by atoms with Crippen LogP contribution >= 0.6 is 0 Å². The zero-order chi connectivity index (χ0) is 7.28. The minimum Gasteiger partial charge on any atom is -0.488 e. The monoisotopic (exact) mass is 130 g/mol. The summed E-state index contributed by atoms with van der Waals surface area (Å²) in [6.07, 6.45) is 0.851. The molecule has 0 amide bonds. The first kappa shape index (κ1) is 7.72. The number of diazo groups is 1. The molecule has 0 spiro atoms. The van der Waals surface area contributed by atoms with Crippen molar-refractivity contribution in [3.05, 3.63) is 17.1 Å². The van der Waals surface area contributed by atoms with Crippen molar-refractivity contribution < 1.29 is 9.94 Å². The van der Waals surface area contributed by atoms with Crippen molar-refractivity contribution in [1.29, 1.82) is 5.39 Å². The zero-order valence-electron chi connectivity index (χ0n) is 5.27. The van der Waals surface area contributed by atoms with Gasteiger partial charge >= 0.3 is 12.1 Å². The molecular weight excluding hydrogens is 122 g/mol. The van der Waals surface area contributed by atoms with Gasteiger partial charge in [-0.15, -0.1) is 0 Å². The molecule has 0 aromatic carbocycles. The third kappa shape index (κ3) is 2.51. The average Bonchev–Trinajstić information content (AvgIpc) is 1.87. The van der Waals surface area contributed by atoms with E-state index in [2.05, 4.69) is 9.81 Å². The van der Waals surface area contributed by atoms with Gasteiger partial charge in [-0.2, -0.15) is 0 Å². The van der Waals surface area contributed by atoms with Crippen LogP contribution in [0, 0.1) is 5.39 Å². The third-order valence-corrected chi connectivity index (χ3v) is 0.770. The molecule has 0 radical (unpaired) electrons. The van der Waals surface area contributed by atoms with Crippen LogP contribution in [0.5, 0.6) is 0 Å². The predicted molar refractivity (Wildman–Crippen MR) is 30.6 cm³/mol. The summed E-state index contributed by atoms with van der Waals surface area (Å²) in [7, 11) is 2.85. The Morgan fingerprint density at radius 1 is 1.89 bits per heavy atom. The molecule has 50 valence electrons. The fourth-order valence-corrected chi connectivity index (χ4v) is 0.226. The lowest BCUT2D eigenvalue weighted by Gasteiger charge is -2.09. The van der Waals surface area contributed by atoms with E-state index in [0.717, 1.165) is 11.3 Å². The highest BCUT2D eigenvalue weighted by atomic mass is 16.7. The van der Waals surface area contributed by atoms with Crippen LogP contribution in [0.15, 0.2) is 12.1 Å². The number of aliphatic hydroxyl groups is 1. The smallest absolute Gasteiger partial charge is 0.411 e. The maximum atomic E-state index is 8.73. The molecule has 0 heterocycles. The van der Waals surface area contributed by atoms with Crippen LogP contribution in [0.4, 0.5) is 0 Å². The third-order valence-electron chi connectivity index (χ3n) is 0.770. The lowest BCUT2D eigenvalue weighted by Crippen LogP contribution is -2.14. The molecule has 0 aromatic heterocycles. The van der Waals surface area contributed by atoms with Crippen molar-refractivity contribution in [1.82, 2.24) is 5.06 Å². The van der Waals surface area contributed by atoms with Gasteiger partial charge in [-0.05, 0) is 0 Å². The molecule has 0 aliphatic rings. The van der Waals surface area contributed by atoms with Gasteiger partial charge in [0.1, 0.15) is 0 Å².